The van der Waals surface area contributed by atoms with Gasteiger partial charge < -0.3 is 15.1 Å². The second kappa shape index (κ2) is 11.7. The molecule has 5 nitrogen and oxygen atoms in total. The van der Waals surface area contributed by atoms with Crippen molar-refractivity contribution in [2.24, 2.45) is 0 Å². The molecule has 1 N–H and O–H groups in total. The lowest BCUT2D eigenvalue weighted by molar-refractivity contribution is -0.131. The summed E-state index contributed by atoms with van der Waals surface area (Å²) in [5, 5.41) is 3.75. The summed E-state index contributed by atoms with van der Waals surface area (Å²) in [5.74, 6) is -0.116. The molecule has 2 amide bonds. The predicted molar refractivity (Wildman–Crippen MR) is 129 cm³/mol. The monoisotopic (exact) mass is 483 g/mol. The second-order valence-electron chi connectivity index (χ2n) is 7.76. The van der Waals surface area contributed by atoms with E-state index in [2.05, 4.69) is 10.2 Å². The van der Waals surface area contributed by atoms with E-state index in [9.17, 15) is 9.59 Å². The third-order valence-electron chi connectivity index (χ3n) is 5.42. The van der Waals surface area contributed by atoms with Gasteiger partial charge in [0.2, 0.25) is 11.8 Å². The highest BCUT2D eigenvalue weighted by atomic mass is 35.5. The fourth-order valence-electron chi connectivity index (χ4n) is 3.81. The Morgan fingerprint density at radius 3 is 2.45 bits per heavy atom. The van der Waals surface area contributed by atoms with Crippen LogP contribution >= 0.6 is 35.6 Å². The van der Waals surface area contributed by atoms with E-state index in [1.54, 1.807) is 17.0 Å². The van der Waals surface area contributed by atoms with Gasteiger partial charge in [-0.15, -0.1) is 12.4 Å². The van der Waals surface area contributed by atoms with Crippen LogP contribution in [-0.4, -0.2) is 48.3 Å². The molecule has 0 spiro atoms. The van der Waals surface area contributed by atoms with Gasteiger partial charge in [0.25, 0.3) is 0 Å². The normalized spacial score (nSPS) is 14.6. The van der Waals surface area contributed by atoms with Crippen molar-refractivity contribution in [3.8, 4) is 0 Å². The van der Waals surface area contributed by atoms with Crippen LogP contribution in [0.5, 0.6) is 0 Å². The maximum absolute atomic E-state index is 13.1. The minimum atomic E-state index is -0.118. The number of nitrogens with one attached hydrogen (secondary N) is 1. The fourth-order valence-corrected chi connectivity index (χ4v) is 4.13. The van der Waals surface area contributed by atoms with Gasteiger partial charge in [0.1, 0.15) is 0 Å². The van der Waals surface area contributed by atoms with Crippen LogP contribution in [0, 0.1) is 0 Å². The molecule has 3 rings (SSSR count). The molecule has 0 bridgehead atoms. The van der Waals surface area contributed by atoms with Crippen LogP contribution in [0.4, 0.5) is 5.69 Å². The summed E-state index contributed by atoms with van der Waals surface area (Å²) in [6.45, 7) is 4.32. The Kier molecular flexibility index (Phi) is 9.63. The van der Waals surface area contributed by atoms with E-state index in [-0.39, 0.29) is 36.7 Å². The average Bonchev–Trinajstić information content (AvgIpc) is 3.21. The zero-order chi connectivity index (χ0) is 21.7. The van der Waals surface area contributed by atoms with E-state index < -0.39 is 0 Å². The Labute approximate surface area is 200 Å². The van der Waals surface area contributed by atoms with Gasteiger partial charge in [-0.05, 0) is 61.3 Å². The minimum Gasteiger partial charge on any atom is -0.337 e. The number of likely N-dealkylation sites (tertiary alicyclic amines) is 1. The maximum atomic E-state index is 13.1. The number of halogens is 3. The summed E-state index contributed by atoms with van der Waals surface area (Å²) in [6, 6.07) is 12.9. The quantitative estimate of drug-likeness (QED) is 0.587. The Balaban J connectivity index is 0.00000341. The van der Waals surface area contributed by atoms with Crippen LogP contribution in [0.2, 0.25) is 10.0 Å². The SMILES string of the molecule is CC(=O)Nc1cccc(C(CN2CCCC2)N(C)C(=O)Cc2ccc(Cl)c(Cl)c2)c1.Cl. The highest BCUT2D eigenvalue weighted by Crippen LogP contribution is 2.27. The van der Waals surface area contributed by atoms with Gasteiger partial charge >= 0.3 is 0 Å². The molecule has 2 aromatic rings. The number of benzene rings is 2. The van der Waals surface area contributed by atoms with Crippen molar-refractivity contribution in [3.05, 3.63) is 63.6 Å². The molecule has 1 unspecified atom stereocenters. The lowest BCUT2D eigenvalue weighted by atomic mass is 10.0. The second-order valence-corrected chi connectivity index (χ2v) is 8.57. The lowest BCUT2D eigenvalue weighted by Crippen LogP contribution is -2.39. The van der Waals surface area contributed by atoms with Crippen molar-refractivity contribution in [2.45, 2.75) is 32.2 Å². The number of carbonyl (C=O) groups is 2. The number of likely N-dealkylation sites (N-methyl/N-ethyl adjacent to an activating group) is 1. The predicted octanol–water partition coefficient (Wildman–Crippen LogP) is 5.21. The number of hydrogen-bond donors (Lipinski definition) is 1. The number of nitrogens with zero attached hydrogens (tertiary/aromatic N) is 2. The van der Waals surface area contributed by atoms with E-state index in [0.717, 1.165) is 36.4 Å². The summed E-state index contributed by atoms with van der Waals surface area (Å²) in [6.07, 6.45) is 2.61. The Morgan fingerprint density at radius 1 is 1.10 bits per heavy atom. The summed E-state index contributed by atoms with van der Waals surface area (Å²) < 4.78 is 0. The summed E-state index contributed by atoms with van der Waals surface area (Å²) in [4.78, 5) is 28.8. The number of rotatable bonds is 7. The fraction of sp³-hybridized carbons (Fsp3) is 0.391. The third-order valence-corrected chi connectivity index (χ3v) is 6.16. The van der Waals surface area contributed by atoms with Crippen molar-refractivity contribution in [1.29, 1.82) is 0 Å². The van der Waals surface area contributed by atoms with Gasteiger partial charge in [-0.1, -0.05) is 41.4 Å². The molecular formula is C23H28Cl3N3O2. The average molecular weight is 485 g/mol. The minimum absolute atomic E-state index is 0. The molecule has 2 aromatic carbocycles. The van der Waals surface area contributed by atoms with Gasteiger partial charge in [-0.3, -0.25) is 9.59 Å². The van der Waals surface area contributed by atoms with Crippen molar-refractivity contribution in [2.75, 3.05) is 32.0 Å². The Morgan fingerprint density at radius 2 is 1.81 bits per heavy atom. The van der Waals surface area contributed by atoms with Crippen LogP contribution < -0.4 is 5.32 Å². The third kappa shape index (κ3) is 7.11. The zero-order valence-corrected chi connectivity index (χ0v) is 20.1. The molecule has 1 saturated heterocycles. The molecule has 0 saturated carbocycles. The zero-order valence-electron chi connectivity index (χ0n) is 17.7. The summed E-state index contributed by atoms with van der Waals surface area (Å²) in [5.41, 5.74) is 2.56. The van der Waals surface area contributed by atoms with Gasteiger partial charge in [-0.25, -0.2) is 0 Å². The summed E-state index contributed by atoms with van der Waals surface area (Å²) >= 11 is 12.1. The first-order valence-electron chi connectivity index (χ1n) is 10.1. The molecule has 0 aliphatic carbocycles. The van der Waals surface area contributed by atoms with Crippen LogP contribution in [0.1, 0.15) is 36.9 Å². The van der Waals surface area contributed by atoms with Crippen molar-refractivity contribution in [1.82, 2.24) is 9.80 Å². The highest BCUT2D eigenvalue weighted by molar-refractivity contribution is 6.42. The Bertz CT molecular complexity index is 917. The van der Waals surface area contributed by atoms with Crippen molar-refractivity contribution >= 4 is 53.1 Å². The topological polar surface area (TPSA) is 52.7 Å². The first-order chi connectivity index (χ1) is 14.3. The number of amides is 2. The van der Waals surface area contributed by atoms with Gasteiger partial charge in [0, 0.05) is 26.2 Å². The first-order valence-corrected chi connectivity index (χ1v) is 10.9. The number of hydrogen-bond acceptors (Lipinski definition) is 3. The van der Waals surface area contributed by atoms with Gasteiger partial charge in [0.15, 0.2) is 0 Å². The van der Waals surface area contributed by atoms with E-state index in [1.165, 1.54) is 19.8 Å². The van der Waals surface area contributed by atoms with Gasteiger partial charge in [-0.2, -0.15) is 0 Å². The van der Waals surface area contributed by atoms with E-state index in [4.69, 9.17) is 23.2 Å². The molecule has 168 valence electrons. The van der Waals surface area contributed by atoms with E-state index in [0.29, 0.717) is 10.0 Å². The molecule has 1 atom stereocenters. The molecule has 0 aromatic heterocycles. The van der Waals surface area contributed by atoms with Crippen molar-refractivity contribution < 1.29 is 9.59 Å². The van der Waals surface area contributed by atoms with E-state index >= 15 is 0 Å². The summed E-state index contributed by atoms with van der Waals surface area (Å²) in [7, 11) is 1.84. The Hall–Kier alpha value is -1.79. The highest BCUT2D eigenvalue weighted by Gasteiger charge is 2.26. The molecule has 8 heteroatoms. The largest absolute Gasteiger partial charge is 0.337 e. The molecule has 1 fully saturated rings. The molecule has 1 aliphatic heterocycles. The van der Waals surface area contributed by atoms with Crippen LogP contribution in [0.15, 0.2) is 42.5 Å². The first kappa shape index (κ1) is 25.5. The van der Waals surface area contributed by atoms with Crippen LogP contribution in [-0.2, 0) is 16.0 Å². The molecule has 31 heavy (non-hydrogen) atoms. The molecular weight excluding hydrogens is 457 g/mol. The standard InChI is InChI=1S/C23H27Cl2N3O2.ClH/c1-16(29)26-19-7-5-6-18(14-19)22(15-28-10-3-4-11-28)27(2)23(30)13-17-8-9-20(24)21(25)12-17;/h5-9,12,14,22H,3-4,10-11,13,15H2,1-2H3,(H,26,29);1H. The lowest BCUT2D eigenvalue weighted by Gasteiger charge is -2.32. The van der Waals surface area contributed by atoms with Crippen LogP contribution in [0.25, 0.3) is 0 Å². The number of carbonyl (C=O) groups excluding carboxylic acids is 2. The maximum Gasteiger partial charge on any atom is 0.227 e. The number of anilines is 1. The molecule has 1 heterocycles. The smallest absolute Gasteiger partial charge is 0.227 e. The molecule has 1 aliphatic rings. The van der Waals surface area contributed by atoms with E-state index in [1.807, 2.05) is 37.4 Å². The molecule has 0 radical (unpaired) electrons. The van der Waals surface area contributed by atoms with Gasteiger partial charge in [0.05, 0.1) is 22.5 Å². The van der Waals surface area contributed by atoms with Crippen LogP contribution in [0.3, 0.4) is 0 Å². The van der Waals surface area contributed by atoms with Crippen molar-refractivity contribution in [3.63, 3.8) is 0 Å².